The number of amides is 2. The Kier molecular flexibility index (Phi) is 7.41. The molecule has 1 saturated heterocycles. The van der Waals surface area contributed by atoms with Crippen LogP contribution >= 0.6 is 0 Å². The molecule has 150 valence electrons. The second-order valence-corrected chi connectivity index (χ2v) is 7.73. The number of hydrogen-bond acceptors (Lipinski definition) is 5. The van der Waals surface area contributed by atoms with Gasteiger partial charge in [-0.1, -0.05) is 0 Å². The molecule has 8 nitrogen and oxygen atoms in total. The molecule has 2 heterocycles. The summed E-state index contributed by atoms with van der Waals surface area (Å²) in [5.41, 5.74) is 0.438. The molecule has 8 heteroatoms. The first-order valence-corrected chi connectivity index (χ1v) is 9.38. The zero-order valence-electron chi connectivity index (χ0n) is 16.8. The standard InChI is InChI=1S/C19H31N5O3/c1-19(2,3)27-18(26)24-12-10-23(11-13-24)9-5-8-20-17(25)7-6-16-14-21-22(4)15-16/h6-7,14-15H,5,8-13H2,1-4H3,(H,20,25). The quantitative estimate of drug-likeness (QED) is 0.600. The Morgan fingerprint density at radius 2 is 1.96 bits per heavy atom. The van der Waals surface area contributed by atoms with Crippen molar-refractivity contribution in [3.63, 3.8) is 0 Å². The maximum atomic E-state index is 12.0. The molecule has 1 aromatic heterocycles. The fourth-order valence-corrected chi connectivity index (χ4v) is 2.75. The zero-order chi connectivity index (χ0) is 19.9. The van der Waals surface area contributed by atoms with Crippen LogP contribution in [-0.4, -0.2) is 76.5 Å². The second-order valence-electron chi connectivity index (χ2n) is 7.73. The third-order valence-corrected chi connectivity index (χ3v) is 4.13. The van der Waals surface area contributed by atoms with Gasteiger partial charge in [-0.05, 0) is 39.8 Å². The van der Waals surface area contributed by atoms with Crippen molar-refractivity contribution in [2.45, 2.75) is 32.8 Å². The zero-order valence-corrected chi connectivity index (χ0v) is 16.8. The van der Waals surface area contributed by atoms with Crippen molar-refractivity contribution in [2.24, 2.45) is 7.05 Å². The number of nitrogens with one attached hydrogen (secondary N) is 1. The Bertz CT molecular complexity index is 655. The van der Waals surface area contributed by atoms with Crippen LogP contribution in [0.3, 0.4) is 0 Å². The highest BCUT2D eigenvalue weighted by Gasteiger charge is 2.25. The van der Waals surface area contributed by atoms with Gasteiger partial charge < -0.3 is 15.0 Å². The number of nitrogens with zero attached hydrogens (tertiary/aromatic N) is 4. The monoisotopic (exact) mass is 377 g/mol. The maximum Gasteiger partial charge on any atom is 0.410 e. The van der Waals surface area contributed by atoms with Crippen LogP contribution in [0, 0.1) is 0 Å². The number of ether oxygens (including phenoxy) is 1. The predicted molar refractivity (Wildman–Crippen MR) is 104 cm³/mol. The summed E-state index contributed by atoms with van der Waals surface area (Å²) in [6.45, 7) is 10.2. The highest BCUT2D eigenvalue weighted by atomic mass is 16.6. The van der Waals surface area contributed by atoms with E-state index in [0.717, 1.165) is 31.6 Å². The number of hydrogen-bond donors (Lipinski definition) is 1. The lowest BCUT2D eigenvalue weighted by molar-refractivity contribution is -0.116. The van der Waals surface area contributed by atoms with Crippen LogP contribution in [0.15, 0.2) is 18.5 Å². The van der Waals surface area contributed by atoms with Gasteiger partial charge in [0.2, 0.25) is 5.91 Å². The first kappa shape index (κ1) is 21.0. The SMILES string of the molecule is Cn1cc(C=CC(=O)NCCCN2CCN(C(=O)OC(C)(C)C)CC2)cn1. The molecule has 0 aromatic carbocycles. The van der Waals surface area contributed by atoms with Gasteiger partial charge >= 0.3 is 6.09 Å². The molecule has 1 aliphatic heterocycles. The summed E-state index contributed by atoms with van der Waals surface area (Å²) < 4.78 is 7.10. The van der Waals surface area contributed by atoms with Crippen molar-refractivity contribution in [3.8, 4) is 0 Å². The Morgan fingerprint density at radius 1 is 1.26 bits per heavy atom. The van der Waals surface area contributed by atoms with Crippen LogP contribution in [0.25, 0.3) is 6.08 Å². The molecule has 0 atom stereocenters. The van der Waals surface area contributed by atoms with Crippen LogP contribution in [0.2, 0.25) is 0 Å². The lowest BCUT2D eigenvalue weighted by Crippen LogP contribution is -2.50. The van der Waals surface area contributed by atoms with Gasteiger partial charge in [0.1, 0.15) is 5.60 Å². The molecule has 0 unspecified atom stereocenters. The summed E-state index contributed by atoms with van der Waals surface area (Å²) in [6, 6.07) is 0. The first-order chi connectivity index (χ1) is 12.7. The van der Waals surface area contributed by atoms with Crippen molar-refractivity contribution >= 4 is 18.1 Å². The minimum atomic E-state index is -0.460. The molecule has 2 rings (SSSR count). The first-order valence-electron chi connectivity index (χ1n) is 9.38. The molecular weight excluding hydrogens is 346 g/mol. The molecule has 1 aromatic rings. The molecule has 27 heavy (non-hydrogen) atoms. The topological polar surface area (TPSA) is 79.7 Å². The fraction of sp³-hybridized carbons (Fsp3) is 0.632. The molecule has 2 amide bonds. The number of carbonyl (C=O) groups is 2. The minimum Gasteiger partial charge on any atom is -0.444 e. The van der Waals surface area contributed by atoms with E-state index in [0.29, 0.717) is 19.6 Å². The molecular formula is C19H31N5O3. The lowest BCUT2D eigenvalue weighted by Gasteiger charge is -2.35. The van der Waals surface area contributed by atoms with Gasteiger partial charge in [0.15, 0.2) is 0 Å². The van der Waals surface area contributed by atoms with E-state index in [2.05, 4.69) is 15.3 Å². The number of rotatable bonds is 6. The molecule has 0 radical (unpaired) electrons. The minimum absolute atomic E-state index is 0.103. The molecule has 0 aliphatic carbocycles. The highest BCUT2D eigenvalue weighted by molar-refractivity contribution is 5.91. The van der Waals surface area contributed by atoms with Crippen LogP contribution in [0.1, 0.15) is 32.8 Å². The van der Waals surface area contributed by atoms with Gasteiger partial charge in [0, 0.05) is 57.6 Å². The number of aromatic nitrogens is 2. The number of piperazine rings is 1. The predicted octanol–water partition coefficient (Wildman–Crippen LogP) is 1.49. The Hall–Kier alpha value is -2.35. The van der Waals surface area contributed by atoms with E-state index in [1.165, 1.54) is 6.08 Å². The normalized spacial score (nSPS) is 15.9. The van der Waals surface area contributed by atoms with Gasteiger partial charge in [-0.2, -0.15) is 5.10 Å². The van der Waals surface area contributed by atoms with Crippen LogP contribution in [0.4, 0.5) is 4.79 Å². The van der Waals surface area contributed by atoms with Crippen molar-refractivity contribution in [3.05, 3.63) is 24.0 Å². The van der Waals surface area contributed by atoms with E-state index in [4.69, 9.17) is 4.74 Å². The second kappa shape index (κ2) is 9.55. The van der Waals surface area contributed by atoms with E-state index in [1.54, 1.807) is 21.9 Å². The number of aryl methyl sites for hydroxylation is 1. The Labute approximate surface area is 161 Å². The van der Waals surface area contributed by atoms with Crippen molar-refractivity contribution < 1.29 is 14.3 Å². The molecule has 0 bridgehead atoms. The van der Waals surface area contributed by atoms with E-state index in [1.807, 2.05) is 34.0 Å². The van der Waals surface area contributed by atoms with Gasteiger partial charge in [0.05, 0.1) is 6.20 Å². The average Bonchev–Trinajstić information content (AvgIpc) is 3.01. The van der Waals surface area contributed by atoms with Crippen molar-refractivity contribution in [1.29, 1.82) is 0 Å². The molecule has 1 aliphatic rings. The summed E-state index contributed by atoms with van der Waals surface area (Å²) in [4.78, 5) is 27.9. The van der Waals surface area contributed by atoms with Gasteiger partial charge in [-0.25, -0.2) is 4.79 Å². The Balaban J connectivity index is 1.58. The van der Waals surface area contributed by atoms with Crippen LogP contribution in [0.5, 0.6) is 0 Å². The summed E-state index contributed by atoms with van der Waals surface area (Å²) in [5, 5.41) is 6.94. The van der Waals surface area contributed by atoms with Gasteiger partial charge in [0.25, 0.3) is 0 Å². The summed E-state index contributed by atoms with van der Waals surface area (Å²) in [6.07, 6.45) is 7.46. The van der Waals surface area contributed by atoms with Crippen LogP contribution in [-0.2, 0) is 16.6 Å². The van der Waals surface area contributed by atoms with Gasteiger partial charge in [-0.3, -0.25) is 14.4 Å². The van der Waals surface area contributed by atoms with Gasteiger partial charge in [-0.15, -0.1) is 0 Å². The summed E-state index contributed by atoms with van der Waals surface area (Å²) >= 11 is 0. The third-order valence-electron chi connectivity index (χ3n) is 4.13. The third kappa shape index (κ3) is 7.82. The van der Waals surface area contributed by atoms with E-state index >= 15 is 0 Å². The van der Waals surface area contributed by atoms with E-state index < -0.39 is 5.60 Å². The number of carbonyl (C=O) groups excluding carboxylic acids is 2. The molecule has 1 N–H and O–H groups in total. The summed E-state index contributed by atoms with van der Waals surface area (Å²) in [7, 11) is 1.84. The average molecular weight is 377 g/mol. The fourth-order valence-electron chi connectivity index (χ4n) is 2.75. The molecule has 0 spiro atoms. The maximum absolute atomic E-state index is 12.0. The van der Waals surface area contributed by atoms with Crippen molar-refractivity contribution in [1.82, 2.24) is 24.9 Å². The van der Waals surface area contributed by atoms with Crippen LogP contribution < -0.4 is 5.32 Å². The molecule has 1 fully saturated rings. The van der Waals surface area contributed by atoms with E-state index in [9.17, 15) is 9.59 Å². The lowest BCUT2D eigenvalue weighted by atomic mass is 10.2. The van der Waals surface area contributed by atoms with Crippen molar-refractivity contribution in [2.75, 3.05) is 39.3 Å². The molecule has 0 saturated carbocycles. The smallest absolute Gasteiger partial charge is 0.410 e. The Morgan fingerprint density at radius 3 is 2.56 bits per heavy atom. The summed E-state index contributed by atoms with van der Waals surface area (Å²) in [5.74, 6) is -0.103. The largest absolute Gasteiger partial charge is 0.444 e. The highest BCUT2D eigenvalue weighted by Crippen LogP contribution is 2.11. The van der Waals surface area contributed by atoms with E-state index in [-0.39, 0.29) is 12.0 Å².